The van der Waals surface area contributed by atoms with E-state index in [0.29, 0.717) is 12.3 Å². The second-order valence-electron chi connectivity index (χ2n) is 6.02. The summed E-state index contributed by atoms with van der Waals surface area (Å²) in [6, 6.07) is 11.6. The molecule has 2 aromatic carbocycles. The second-order valence-corrected chi connectivity index (χ2v) is 6.02. The zero-order valence-electron chi connectivity index (χ0n) is 13.6. The number of hydrogen-bond donors (Lipinski definition) is 1. The number of nitrogens with zero attached hydrogens (tertiary/aromatic N) is 2. The van der Waals surface area contributed by atoms with Crippen molar-refractivity contribution in [2.24, 2.45) is 0 Å². The molecular weight excluding hydrogens is 321 g/mol. The number of aryl methyl sites for hydroxylation is 1. The summed E-state index contributed by atoms with van der Waals surface area (Å²) in [6.07, 6.45) is 1.73. The molecule has 25 heavy (non-hydrogen) atoms. The van der Waals surface area contributed by atoms with E-state index in [1.807, 2.05) is 25.1 Å². The molecule has 4 rings (SSSR count). The average Bonchev–Trinajstić information content (AvgIpc) is 3.00. The Balaban J connectivity index is 1.60. The van der Waals surface area contributed by atoms with Gasteiger partial charge in [-0.25, -0.2) is 4.39 Å². The van der Waals surface area contributed by atoms with Crippen LogP contribution in [0.1, 0.15) is 11.1 Å². The molecule has 0 fully saturated rings. The van der Waals surface area contributed by atoms with Gasteiger partial charge in [-0.15, -0.1) is 0 Å². The van der Waals surface area contributed by atoms with Gasteiger partial charge in [0.15, 0.2) is 0 Å². The topological polar surface area (TPSA) is 56.2 Å². The van der Waals surface area contributed by atoms with Crippen LogP contribution in [0.15, 0.2) is 48.7 Å². The fourth-order valence-electron chi connectivity index (χ4n) is 2.94. The fraction of sp³-hybridized carbons (Fsp3) is 0.158. The summed E-state index contributed by atoms with van der Waals surface area (Å²) in [5.41, 5.74) is 4.45. The van der Waals surface area contributed by atoms with Crippen LogP contribution in [0, 0.1) is 12.7 Å². The number of halogens is 1. The predicted molar refractivity (Wildman–Crippen MR) is 91.8 cm³/mol. The van der Waals surface area contributed by atoms with Crippen LogP contribution in [0.3, 0.4) is 0 Å². The third kappa shape index (κ3) is 2.98. The average molecular weight is 337 g/mol. The molecule has 1 aliphatic heterocycles. The monoisotopic (exact) mass is 337 g/mol. The van der Waals surface area contributed by atoms with Gasteiger partial charge in [-0.1, -0.05) is 11.6 Å². The normalized spacial score (nSPS) is 12.1. The van der Waals surface area contributed by atoms with E-state index in [9.17, 15) is 9.18 Å². The van der Waals surface area contributed by atoms with Gasteiger partial charge in [-0.2, -0.15) is 5.10 Å². The van der Waals surface area contributed by atoms with E-state index in [4.69, 9.17) is 4.74 Å². The minimum atomic E-state index is -0.342. The van der Waals surface area contributed by atoms with Crippen molar-refractivity contribution in [3.63, 3.8) is 0 Å². The number of aromatic nitrogens is 2. The van der Waals surface area contributed by atoms with Crippen molar-refractivity contribution >= 4 is 11.6 Å². The summed E-state index contributed by atoms with van der Waals surface area (Å²) in [6.45, 7) is 2.52. The minimum Gasteiger partial charge on any atom is -0.488 e. The molecule has 0 bridgehead atoms. The van der Waals surface area contributed by atoms with Gasteiger partial charge >= 0.3 is 0 Å². The van der Waals surface area contributed by atoms with E-state index in [1.165, 1.54) is 24.3 Å². The van der Waals surface area contributed by atoms with Crippen molar-refractivity contribution in [1.29, 1.82) is 0 Å². The summed E-state index contributed by atoms with van der Waals surface area (Å²) in [4.78, 5) is 12.3. The summed E-state index contributed by atoms with van der Waals surface area (Å²) in [7, 11) is 0. The molecule has 2 heterocycles. The fourth-order valence-corrected chi connectivity index (χ4v) is 2.94. The van der Waals surface area contributed by atoms with E-state index in [1.54, 1.807) is 10.9 Å². The van der Waals surface area contributed by atoms with Crippen LogP contribution >= 0.6 is 0 Å². The number of ether oxygens (including phenoxy) is 1. The van der Waals surface area contributed by atoms with Crippen molar-refractivity contribution in [3.05, 3.63) is 65.6 Å². The van der Waals surface area contributed by atoms with E-state index >= 15 is 0 Å². The van der Waals surface area contributed by atoms with E-state index < -0.39 is 0 Å². The first-order valence-electron chi connectivity index (χ1n) is 7.94. The Labute approximate surface area is 144 Å². The molecule has 5 nitrogen and oxygen atoms in total. The van der Waals surface area contributed by atoms with E-state index in [-0.39, 0.29) is 18.3 Å². The molecule has 1 aliphatic rings. The lowest BCUT2D eigenvalue weighted by Gasteiger charge is -2.19. The summed E-state index contributed by atoms with van der Waals surface area (Å²) in [5.74, 6) is 0.225. The molecule has 0 radical (unpaired) electrons. The first-order chi connectivity index (χ1) is 12.1. The SMILES string of the molecule is Cc1ccc2c(c1)-c1c(cnn1CC(=O)Nc1ccc(F)cc1)CO2. The molecule has 0 saturated carbocycles. The summed E-state index contributed by atoms with van der Waals surface area (Å²) < 4.78 is 20.4. The maximum absolute atomic E-state index is 13.0. The highest BCUT2D eigenvalue weighted by molar-refractivity contribution is 5.91. The summed E-state index contributed by atoms with van der Waals surface area (Å²) in [5, 5.41) is 7.09. The number of amides is 1. The van der Waals surface area contributed by atoms with Gasteiger partial charge in [0.25, 0.3) is 0 Å². The molecule has 6 heteroatoms. The van der Waals surface area contributed by atoms with Crippen LogP contribution in [0.25, 0.3) is 11.3 Å². The van der Waals surface area contributed by atoms with Gasteiger partial charge in [0.05, 0.1) is 11.9 Å². The van der Waals surface area contributed by atoms with Crippen molar-refractivity contribution in [1.82, 2.24) is 9.78 Å². The molecule has 3 aromatic rings. The van der Waals surface area contributed by atoms with Gasteiger partial charge in [0, 0.05) is 16.8 Å². The highest BCUT2D eigenvalue weighted by Gasteiger charge is 2.23. The minimum absolute atomic E-state index is 0.0695. The molecule has 1 N–H and O–H groups in total. The third-order valence-corrected chi connectivity index (χ3v) is 4.11. The van der Waals surface area contributed by atoms with Crippen molar-refractivity contribution in [2.45, 2.75) is 20.1 Å². The lowest BCUT2D eigenvalue weighted by Crippen LogP contribution is -2.20. The maximum atomic E-state index is 13.0. The third-order valence-electron chi connectivity index (χ3n) is 4.11. The lowest BCUT2D eigenvalue weighted by molar-refractivity contribution is -0.116. The number of anilines is 1. The number of nitrogens with one attached hydrogen (secondary N) is 1. The first-order valence-corrected chi connectivity index (χ1v) is 7.94. The van der Waals surface area contributed by atoms with Crippen molar-refractivity contribution < 1.29 is 13.9 Å². The Kier molecular flexibility index (Phi) is 3.72. The zero-order valence-corrected chi connectivity index (χ0v) is 13.6. The maximum Gasteiger partial charge on any atom is 0.246 e. The van der Waals surface area contributed by atoms with Crippen LogP contribution in [0.5, 0.6) is 5.75 Å². The molecule has 0 spiro atoms. The Morgan fingerprint density at radius 1 is 1.28 bits per heavy atom. The molecular formula is C19H16FN3O2. The van der Waals surface area contributed by atoms with Crippen LogP contribution in [0.2, 0.25) is 0 Å². The van der Waals surface area contributed by atoms with Crippen LogP contribution in [-0.4, -0.2) is 15.7 Å². The van der Waals surface area contributed by atoms with Gasteiger partial charge in [0.1, 0.15) is 24.7 Å². The standard InChI is InChI=1S/C19H16FN3O2/c1-12-2-7-17-16(8-12)19-13(11-25-17)9-21-23(19)10-18(24)22-15-5-3-14(20)4-6-15/h2-9H,10-11H2,1H3,(H,22,24). The smallest absolute Gasteiger partial charge is 0.246 e. The van der Waals surface area contributed by atoms with Crippen LogP contribution in [-0.2, 0) is 17.9 Å². The van der Waals surface area contributed by atoms with Crippen molar-refractivity contribution in [3.8, 4) is 17.0 Å². The Morgan fingerprint density at radius 2 is 2.08 bits per heavy atom. The number of rotatable bonds is 3. The Hall–Kier alpha value is -3.15. The summed E-state index contributed by atoms with van der Waals surface area (Å²) >= 11 is 0. The Morgan fingerprint density at radius 3 is 2.88 bits per heavy atom. The van der Waals surface area contributed by atoms with E-state index in [2.05, 4.69) is 10.4 Å². The zero-order chi connectivity index (χ0) is 17.4. The number of benzene rings is 2. The quantitative estimate of drug-likeness (QED) is 0.795. The van der Waals surface area contributed by atoms with Crippen LogP contribution < -0.4 is 10.1 Å². The largest absolute Gasteiger partial charge is 0.488 e. The molecule has 0 saturated heterocycles. The van der Waals surface area contributed by atoms with E-state index in [0.717, 1.165) is 28.1 Å². The molecule has 1 aromatic heterocycles. The van der Waals surface area contributed by atoms with Gasteiger partial charge in [-0.3, -0.25) is 9.48 Å². The number of hydrogen-bond acceptors (Lipinski definition) is 3. The van der Waals surface area contributed by atoms with Crippen molar-refractivity contribution in [2.75, 3.05) is 5.32 Å². The van der Waals surface area contributed by atoms with Gasteiger partial charge < -0.3 is 10.1 Å². The molecule has 126 valence electrons. The first kappa shape index (κ1) is 15.4. The van der Waals surface area contributed by atoms with Gasteiger partial charge in [-0.05, 0) is 43.3 Å². The lowest BCUT2D eigenvalue weighted by atomic mass is 10.0. The van der Waals surface area contributed by atoms with Crippen LogP contribution in [0.4, 0.5) is 10.1 Å². The number of fused-ring (bicyclic) bond motifs is 3. The molecule has 1 amide bonds. The second kappa shape index (κ2) is 6.05. The molecule has 0 unspecified atom stereocenters. The Bertz CT molecular complexity index is 948. The predicted octanol–water partition coefficient (Wildman–Crippen LogP) is 3.53. The number of carbonyl (C=O) groups excluding carboxylic acids is 1. The number of carbonyl (C=O) groups is 1. The highest BCUT2D eigenvalue weighted by atomic mass is 19.1. The van der Waals surface area contributed by atoms with Gasteiger partial charge in [0.2, 0.25) is 5.91 Å². The highest BCUT2D eigenvalue weighted by Crippen LogP contribution is 2.37. The molecule has 0 aliphatic carbocycles. The molecule has 0 atom stereocenters.